The number of hydrogen-bond donors (Lipinski definition) is 1. The van der Waals surface area contributed by atoms with Crippen molar-refractivity contribution in [3.05, 3.63) is 47.5 Å². The van der Waals surface area contributed by atoms with Gasteiger partial charge in [-0.15, -0.1) is 0 Å². The van der Waals surface area contributed by atoms with E-state index >= 15 is 0 Å². The Morgan fingerprint density at radius 3 is 2.17 bits per heavy atom. The molecule has 2 rings (SSSR count). The van der Waals surface area contributed by atoms with Gasteiger partial charge in [0.15, 0.2) is 0 Å². The minimum absolute atomic E-state index is 0. The molecule has 0 aromatic heterocycles. The number of benzene rings is 1. The number of carbonyl (C=O) groups excluding carboxylic acids is 2. The second-order valence-corrected chi connectivity index (χ2v) is 7.31. The van der Waals surface area contributed by atoms with E-state index in [-0.39, 0.29) is 13.3 Å². The average Bonchev–Trinajstić information content (AvgIpc) is 2.76. The lowest BCUT2D eigenvalue weighted by molar-refractivity contribution is -0.121. The first-order chi connectivity index (χ1) is 14.0. The van der Waals surface area contributed by atoms with E-state index < -0.39 is 0 Å². The molecule has 5 heteroatoms. The number of hydrogen-bond acceptors (Lipinski definition) is 4. The van der Waals surface area contributed by atoms with Crippen LogP contribution in [0.5, 0.6) is 0 Å². The van der Waals surface area contributed by atoms with Gasteiger partial charge in [-0.05, 0) is 70.1 Å². The fourth-order valence-electron chi connectivity index (χ4n) is 3.32. The van der Waals surface area contributed by atoms with Crippen LogP contribution in [0, 0.1) is 5.92 Å². The summed E-state index contributed by atoms with van der Waals surface area (Å²) >= 11 is 0. The average molecular weight is 406 g/mol. The zero-order valence-electron chi connectivity index (χ0n) is 18.4. The summed E-state index contributed by atoms with van der Waals surface area (Å²) in [5.74, 6) is 0.980. The topological polar surface area (TPSA) is 64.6 Å². The van der Waals surface area contributed by atoms with Crippen molar-refractivity contribution in [1.29, 1.82) is 0 Å². The molecule has 5 nitrogen and oxygen atoms in total. The first-order valence-corrected chi connectivity index (χ1v) is 10.6. The largest absolute Gasteiger partial charge is 0.382 e. The molecule has 1 aliphatic rings. The number of Topliss-reactive ketones (excluding diaryl/α,β-unsaturated/α-hetero) is 1. The summed E-state index contributed by atoms with van der Waals surface area (Å²) in [6.45, 7) is 7.75. The Morgan fingerprint density at radius 2 is 1.66 bits per heavy atom. The van der Waals surface area contributed by atoms with Crippen molar-refractivity contribution in [2.75, 3.05) is 33.5 Å². The number of ketones is 1. The maximum absolute atomic E-state index is 12.1. The first kappa shape index (κ1) is 25.1. The number of ether oxygens (including phenoxy) is 2. The maximum Gasteiger partial charge on any atom is 0.251 e. The van der Waals surface area contributed by atoms with Crippen molar-refractivity contribution in [2.45, 2.75) is 52.4 Å². The van der Waals surface area contributed by atoms with Crippen LogP contribution in [0.25, 0.3) is 0 Å². The molecule has 0 unspecified atom stereocenters. The molecule has 29 heavy (non-hydrogen) atoms. The summed E-state index contributed by atoms with van der Waals surface area (Å²) in [7, 11) is 1.63. The van der Waals surface area contributed by atoms with Gasteiger partial charge in [-0.2, -0.15) is 0 Å². The van der Waals surface area contributed by atoms with Crippen LogP contribution in [0.15, 0.2) is 36.4 Å². The summed E-state index contributed by atoms with van der Waals surface area (Å²) in [4.78, 5) is 23.6. The van der Waals surface area contributed by atoms with Gasteiger partial charge in [0.25, 0.3) is 5.91 Å². The van der Waals surface area contributed by atoms with Gasteiger partial charge in [0, 0.05) is 26.6 Å². The van der Waals surface area contributed by atoms with Gasteiger partial charge in [-0.25, -0.2) is 0 Å². The molecular weight excluding hydrogens is 366 g/mol. The number of carbonyl (C=O) groups is 2. The summed E-state index contributed by atoms with van der Waals surface area (Å²) in [6, 6.07) is 7.85. The predicted molar refractivity (Wildman–Crippen MR) is 119 cm³/mol. The van der Waals surface area contributed by atoms with E-state index in [4.69, 9.17) is 9.47 Å². The lowest BCUT2D eigenvalue weighted by Gasteiger charge is -2.27. The summed E-state index contributed by atoms with van der Waals surface area (Å²) in [5.41, 5.74) is 1.93. The van der Waals surface area contributed by atoms with Crippen LogP contribution in [0.3, 0.4) is 0 Å². The van der Waals surface area contributed by atoms with Crippen LogP contribution in [-0.2, 0) is 14.3 Å². The highest BCUT2D eigenvalue weighted by Crippen LogP contribution is 2.36. The van der Waals surface area contributed by atoms with Crippen LogP contribution >= 0.6 is 0 Å². The van der Waals surface area contributed by atoms with Gasteiger partial charge in [0.1, 0.15) is 5.78 Å². The lowest BCUT2D eigenvalue weighted by Crippen LogP contribution is -2.27. The molecule has 1 aromatic rings. The van der Waals surface area contributed by atoms with Gasteiger partial charge in [0.05, 0.1) is 19.8 Å². The van der Waals surface area contributed by atoms with Crippen molar-refractivity contribution < 1.29 is 20.5 Å². The Labute approximate surface area is 177 Å². The minimum Gasteiger partial charge on any atom is -0.382 e. The van der Waals surface area contributed by atoms with Crippen LogP contribution in [0.2, 0.25) is 0 Å². The number of nitrogens with one attached hydrogen (secondary N) is 1. The van der Waals surface area contributed by atoms with Gasteiger partial charge in [0.2, 0.25) is 0 Å². The Kier molecular flexibility index (Phi) is 12.9. The molecule has 0 aliphatic heterocycles. The zero-order valence-corrected chi connectivity index (χ0v) is 18.4. The van der Waals surface area contributed by atoms with Crippen LogP contribution < -0.4 is 5.32 Å². The van der Waals surface area contributed by atoms with Crippen molar-refractivity contribution >= 4 is 11.7 Å². The second kappa shape index (κ2) is 14.9. The van der Waals surface area contributed by atoms with Crippen LogP contribution in [0.4, 0.5) is 0 Å². The zero-order chi connectivity index (χ0) is 21.5. The molecule has 0 spiro atoms. The summed E-state index contributed by atoms with van der Waals surface area (Å²) in [5, 5.41) is 2.85. The number of allylic oxidation sites excluding steroid dienone is 2. The molecule has 1 fully saturated rings. The van der Waals surface area contributed by atoms with Crippen molar-refractivity contribution in [2.24, 2.45) is 5.92 Å². The van der Waals surface area contributed by atoms with Gasteiger partial charge >= 0.3 is 0 Å². The van der Waals surface area contributed by atoms with E-state index in [0.29, 0.717) is 43.6 Å². The first-order valence-electron chi connectivity index (χ1n) is 10.6. The smallest absolute Gasteiger partial charge is 0.251 e. The highest BCUT2D eigenvalue weighted by atomic mass is 16.5. The van der Waals surface area contributed by atoms with Gasteiger partial charge < -0.3 is 14.8 Å². The van der Waals surface area contributed by atoms with E-state index in [0.717, 1.165) is 25.7 Å². The molecule has 0 radical (unpaired) electrons. The SMILES string of the molecule is CC=CC.COCCOCCNC(=O)c1ccc(C2CCC(C(C)=O)CC2)cc1.[HH]. The molecule has 0 atom stereocenters. The third-order valence-corrected chi connectivity index (χ3v) is 5.24. The Hall–Kier alpha value is -1.98. The molecule has 1 N–H and O–H groups in total. The Morgan fingerprint density at radius 1 is 1.03 bits per heavy atom. The van der Waals surface area contributed by atoms with Crippen LogP contribution in [-0.4, -0.2) is 45.2 Å². The molecular formula is C24H39NO4. The van der Waals surface area contributed by atoms with E-state index in [1.165, 1.54) is 5.56 Å². The van der Waals surface area contributed by atoms with E-state index in [2.05, 4.69) is 5.32 Å². The molecule has 0 heterocycles. The molecule has 1 aromatic carbocycles. The van der Waals surface area contributed by atoms with Crippen molar-refractivity contribution in [3.8, 4) is 0 Å². The van der Waals surface area contributed by atoms with E-state index in [1.54, 1.807) is 14.0 Å². The minimum atomic E-state index is -0.0813. The maximum atomic E-state index is 12.1. The Balaban J connectivity index is 0.00000154. The molecule has 0 bridgehead atoms. The van der Waals surface area contributed by atoms with Gasteiger partial charge in [-0.1, -0.05) is 24.3 Å². The number of rotatable bonds is 9. The van der Waals surface area contributed by atoms with E-state index in [1.807, 2.05) is 50.3 Å². The molecule has 1 aliphatic carbocycles. The quantitative estimate of drug-likeness (QED) is 0.475. The molecule has 0 saturated heterocycles. The summed E-state index contributed by atoms with van der Waals surface area (Å²) in [6.07, 6.45) is 8.06. The monoisotopic (exact) mass is 405 g/mol. The van der Waals surface area contributed by atoms with Crippen molar-refractivity contribution in [1.82, 2.24) is 5.32 Å². The fraction of sp³-hybridized carbons (Fsp3) is 0.583. The summed E-state index contributed by atoms with van der Waals surface area (Å²) < 4.78 is 10.2. The normalized spacial score (nSPS) is 18.8. The highest BCUT2D eigenvalue weighted by Gasteiger charge is 2.24. The number of amides is 1. The third kappa shape index (κ3) is 9.86. The molecule has 164 valence electrons. The Bertz CT molecular complexity index is 619. The second-order valence-electron chi connectivity index (χ2n) is 7.31. The van der Waals surface area contributed by atoms with Gasteiger partial charge in [-0.3, -0.25) is 9.59 Å². The highest BCUT2D eigenvalue weighted by molar-refractivity contribution is 5.94. The lowest BCUT2D eigenvalue weighted by atomic mass is 9.77. The van der Waals surface area contributed by atoms with Crippen molar-refractivity contribution in [3.63, 3.8) is 0 Å². The predicted octanol–water partition coefficient (Wildman–Crippen LogP) is 4.77. The molecule has 1 amide bonds. The third-order valence-electron chi connectivity index (χ3n) is 5.24. The fourth-order valence-corrected chi connectivity index (χ4v) is 3.32. The molecule has 1 saturated carbocycles. The standard InChI is InChI=1S/C20H29NO4.C4H8.H2/c1-15(22)16-3-5-17(6-4-16)18-7-9-19(10-8-18)20(23)21-11-12-25-14-13-24-2;1-3-4-2;/h7-10,16-17H,3-6,11-14H2,1-2H3,(H,21,23);3-4H,1-2H3;1H. The van der Waals surface area contributed by atoms with E-state index in [9.17, 15) is 9.59 Å². The number of methoxy groups -OCH3 is 1. The van der Waals surface area contributed by atoms with Crippen LogP contribution in [0.1, 0.15) is 69.7 Å².